The number of aliphatic hydroxyl groups excluding tert-OH is 1. The molecule has 0 spiro atoms. The number of nitrogens with zero attached hydrogens (tertiary/aromatic N) is 1. The molecule has 0 bridgehead atoms. The van der Waals surface area contributed by atoms with Crippen molar-refractivity contribution >= 4 is 5.71 Å². The van der Waals surface area contributed by atoms with Crippen LogP contribution in [0, 0.1) is 34.5 Å². The Morgan fingerprint density at radius 1 is 0.955 bits per heavy atom. The van der Waals surface area contributed by atoms with Crippen LogP contribution in [0.25, 0.3) is 0 Å². The highest BCUT2D eigenvalue weighted by Crippen LogP contribution is 2.65. The van der Waals surface area contributed by atoms with E-state index in [4.69, 9.17) is 5.21 Å². The molecule has 4 aliphatic carbocycles. The summed E-state index contributed by atoms with van der Waals surface area (Å²) in [6.07, 6.45) is 10.5. The minimum absolute atomic E-state index is 0.0662. The minimum Gasteiger partial charge on any atom is -0.411 e. The van der Waals surface area contributed by atoms with Crippen molar-refractivity contribution in [2.24, 2.45) is 39.7 Å². The van der Waals surface area contributed by atoms with E-state index in [1.54, 1.807) is 0 Å². The number of hydrogen-bond acceptors (Lipinski definition) is 3. The fraction of sp³-hybridized carbons (Fsp3) is 0.947. The Morgan fingerprint density at radius 3 is 2.50 bits per heavy atom. The van der Waals surface area contributed by atoms with Crippen LogP contribution in [-0.4, -0.2) is 22.1 Å². The van der Waals surface area contributed by atoms with Gasteiger partial charge in [-0.2, -0.15) is 0 Å². The minimum atomic E-state index is -0.0662. The predicted octanol–water partition coefficient (Wildman–Crippen LogP) is 4.22. The molecule has 0 aromatic carbocycles. The van der Waals surface area contributed by atoms with Crippen LogP contribution in [0.1, 0.15) is 71.6 Å². The van der Waals surface area contributed by atoms with Crippen LogP contribution in [0.5, 0.6) is 0 Å². The van der Waals surface area contributed by atoms with Gasteiger partial charge in [-0.3, -0.25) is 0 Å². The van der Waals surface area contributed by atoms with E-state index in [0.717, 1.165) is 42.7 Å². The second kappa shape index (κ2) is 4.96. The molecule has 4 aliphatic rings. The Balaban J connectivity index is 1.62. The highest BCUT2D eigenvalue weighted by Gasteiger charge is 2.59. The molecule has 0 aliphatic heterocycles. The Labute approximate surface area is 134 Å². The third-order valence-electron chi connectivity index (χ3n) is 8.59. The Kier molecular flexibility index (Phi) is 3.38. The summed E-state index contributed by atoms with van der Waals surface area (Å²) in [7, 11) is 0. The van der Waals surface area contributed by atoms with Crippen LogP contribution in [0.2, 0.25) is 0 Å². The molecule has 0 aromatic rings. The molecule has 22 heavy (non-hydrogen) atoms. The zero-order chi connectivity index (χ0) is 15.5. The number of aliphatic hydroxyl groups is 1. The summed E-state index contributed by atoms with van der Waals surface area (Å²) in [5, 5.41) is 23.2. The molecule has 0 unspecified atom stereocenters. The molecule has 4 fully saturated rings. The standard InChI is InChI=1S/C19H31NO2/c1-18-9-7-13(20-22)11-12(18)3-4-14-15-5-6-17(21)19(15,2)10-8-16(14)18/h12,14-17,21-22H,3-11H2,1-2H3/b20-13+/t12-,14+,15+,16+,17-,18-,19-/m0/s1. The van der Waals surface area contributed by atoms with Crippen molar-refractivity contribution in [1.82, 2.24) is 0 Å². The number of oxime groups is 1. The van der Waals surface area contributed by atoms with E-state index in [9.17, 15) is 5.11 Å². The fourth-order valence-electron chi connectivity index (χ4n) is 7.12. The lowest BCUT2D eigenvalue weighted by Crippen LogP contribution is -2.54. The topological polar surface area (TPSA) is 52.8 Å². The van der Waals surface area contributed by atoms with Crippen molar-refractivity contribution < 1.29 is 10.3 Å². The first-order valence-corrected chi connectivity index (χ1v) is 9.37. The van der Waals surface area contributed by atoms with Gasteiger partial charge in [0.25, 0.3) is 0 Å². The number of hydrogen-bond donors (Lipinski definition) is 2. The van der Waals surface area contributed by atoms with Crippen molar-refractivity contribution in [3.05, 3.63) is 0 Å². The van der Waals surface area contributed by atoms with Gasteiger partial charge < -0.3 is 10.3 Å². The van der Waals surface area contributed by atoms with Gasteiger partial charge >= 0.3 is 0 Å². The summed E-state index contributed by atoms with van der Waals surface area (Å²) >= 11 is 0. The summed E-state index contributed by atoms with van der Waals surface area (Å²) in [5.41, 5.74) is 1.65. The van der Waals surface area contributed by atoms with Gasteiger partial charge in [0.05, 0.1) is 11.8 Å². The normalized spacial score (nSPS) is 56.3. The maximum atomic E-state index is 10.5. The molecule has 124 valence electrons. The third-order valence-corrected chi connectivity index (χ3v) is 8.59. The first-order chi connectivity index (χ1) is 10.5. The Morgan fingerprint density at radius 2 is 1.73 bits per heavy atom. The summed E-state index contributed by atoms with van der Waals surface area (Å²) in [4.78, 5) is 0. The van der Waals surface area contributed by atoms with E-state index >= 15 is 0 Å². The summed E-state index contributed by atoms with van der Waals surface area (Å²) in [6, 6.07) is 0. The molecule has 4 rings (SSSR count). The third kappa shape index (κ3) is 1.87. The first kappa shape index (κ1) is 15.0. The van der Waals surface area contributed by atoms with Crippen molar-refractivity contribution in [3.63, 3.8) is 0 Å². The van der Waals surface area contributed by atoms with Crippen LogP contribution in [-0.2, 0) is 0 Å². The molecule has 0 aromatic heterocycles. The highest BCUT2D eigenvalue weighted by molar-refractivity contribution is 5.85. The maximum Gasteiger partial charge on any atom is 0.0596 e. The maximum absolute atomic E-state index is 10.5. The van der Waals surface area contributed by atoms with Gasteiger partial charge in [-0.1, -0.05) is 19.0 Å². The second-order valence-electron chi connectivity index (χ2n) is 9.16. The van der Waals surface area contributed by atoms with Crippen LogP contribution >= 0.6 is 0 Å². The van der Waals surface area contributed by atoms with E-state index in [1.165, 1.54) is 38.5 Å². The van der Waals surface area contributed by atoms with Crippen molar-refractivity contribution in [3.8, 4) is 0 Å². The smallest absolute Gasteiger partial charge is 0.0596 e. The Hall–Kier alpha value is -0.570. The van der Waals surface area contributed by atoms with Gasteiger partial charge in [-0.05, 0) is 92.3 Å². The lowest BCUT2D eigenvalue weighted by molar-refractivity contribution is -0.112. The quantitative estimate of drug-likeness (QED) is 0.520. The van der Waals surface area contributed by atoms with Crippen LogP contribution in [0.15, 0.2) is 5.16 Å². The van der Waals surface area contributed by atoms with Gasteiger partial charge in [-0.25, -0.2) is 0 Å². The zero-order valence-corrected chi connectivity index (χ0v) is 14.1. The second-order valence-corrected chi connectivity index (χ2v) is 9.16. The molecule has 3 heteroatoms. The fourth-order valence-corrected chi connectivity index (χ4v) is 7.12. The van der Waals surface area contributed by atoms with Gasteiger partial charge in [0.2, 0.25) is 0 Å². The summed E-state index contributed by atoms with van der Waals surface area (Å²) in [6.45, 7) is 4.88. The molecular weight excluding hydrogens is 274 g/mol. The van der Waals surface area contributed by atoms with E-state index in [0.29, 0.717) is 11.3 Å². The van der Waals surface area contributed by atoms with E-state index in [-0.39, 0.29) is 11.5 Å². The highest BCUT2D eigenvalue weighted by atomic mass is 16.4. The molecule has 2 N–H and O–H groups in total. The molecule has 0 radical (unpaired) electrons. The van der Waals surface area contributed by atoms with Gasteiger partial charge in [0, 0.05) is 0 Å². The molecule has 0 saturated heterocycles. The van der Waals surface area contributed by atoms with Crippen molar-refractivity contribution in [1.29, 1.82) is 0 Å². The number of fused-ring (bicyclic) bond motifs is 5. The average molecular weight is 305 g/mol. The molecule has 4 saturated carbocycles. The van der Waals surface area contributed by atoms with Crippen molar-refractivity contribution in [2.75, 3.05) is 0 Å². The lowest BCUT2D eigenvalue weighted by Gasteiger charge is -2.60. The van der Waals surface area contributed by atoms with Crippen LogP contribution in [0.4, 0.5) is 0 Å². The first-order valence-electron chi connectivity index (χ1n) is 9.37. The number of rotatable bonds is 0. The van der Waals surface area contributed by atoms with Gasteiger partial charge in [0.1, 0.15) is 0 Å². The summed E-state index contributed by atoms with van der Waals surface area (Å²) in [5.74, 6) is 3.11. The largest absolute Gasteiger partial charge is 0.411 e. The van der Waals surface area contributed by atoms with E-state index in [1.807, 2.05) is 0 Å². The van der Waals surface area contributed by atoms with E-state index < -0.39 is 0 Å². The zero-order valence-electron chi connectivity index (χ0n) is 14.1. The average Bonchev–Trinajstić information content (AvgIpc) is 2.82. The lowest BCUT2D eigenvalue weighted by atomic mass is 9.45. The SMILES string of the molecule is C[C@]12CC/C(=N\O)C[C@@H]1CC[C@H]1[C@H]2CC[C@@]2(C)[C@@H]1CC[C@@H]2O. The Bertz CT molecular complexity index is 490. The molecule has 0 heterocycles. The van der Waals surface area contributed by atoms with Crippen LogP contribution in [0.3, 0.4) is 0 Å². The van der Waals surface area contributed by atoms with Crippen molar-refractivity contribution in [2.45, 2.75) is 77.7 Å². The van der Waals surface area contributed by atoms with E-state index in [2.05, 4.69) is 19.0 Å². The molecule has 7 atom stereocenters. The van der Waals surface area contributed by atoms with Gasteiger partial charge in [0.15, 0.2) is 0 Å². The van der Waals surface area contributed by atoms with Crippen LogP contribution < -0.4 is 0 Å². The molecule has 3 nitrogen and oxygen atoms in total. The predicted molar refractivity (Wildman–Crippen MR) is 87.0 cm³/mol. The molecule has 0 amide bonds. The summed E-state index contributed by atoms with van der Waals surface area (Å²) < 4.78 is 0. The molecular formula is C19H31NO2. The van der Waals surface area contributed by atoms with Gasteiger partial charge in [-0.15, -0.1) is 0 Å². The monoisotopic (exact) mass is 305 g/mol.